The molecule has 0 aromatic rings. The van der Waals surface area contributed by atoms with Crippen LogP contribution < -0.4 is 5.73 Å². The van der Waals surface area contributed by atoms with E-state index in [0.29, 0.717) is 5.92 Å². The van der Waals surface area contributed by atoms with Gasteiger partial charge in [-0.15, -0.1) is 11.6 Å². The minimum absolute atomic E-state index is 0.0152. The Balaban J connectivity index is 3.79. The highest BCUT2D eigenvalue weighted by Gasteiger charge is 2.23. The summed E-state index contributed by atoms with van der Waals surface area (Å²) in [4.78, 5) is 0. The van der Waals surface area contributed by atoms with Crippen molar-refractivity contribution in [1.29, 1.82) is 0 Å². The highest BCUT2D eigenvalue weighted by atomic mass is 35.5. The van der Waals surface area contributed by atoms with Crippen LogP contribution in [0.4, 0.5) is 0 Å². The topological polar surface area (TPSA) is 26.0 Å². The molecule has 0 bridgehead atoms. The Morgan fingerprint density at radius 1 is 0.889 bits per heavy atom. The zero-order chi connectivity index (χ0) is 13.9. The fraction of sp³-hybridized carbons (Fsp3) is 1.00. The van der Waals surface area contributed by atoms with Gasteiger partial charge in [-0.05, 0) is 39.0 Å². The lowest BCUT2D eigenvalue weighted by Crippen LogP contribution is -2.40. The van der Waals surface area contributed by atoms with Crippen LogP contribution in [-0.4, -0.2) is 11.4 Å². The van der Waals surface area contributed by atoms with E-state index in [4.69, 9.17) is 17.3 Å². The van der Waals surface area contributed by atoms with Crippen LogP contribution >= 0.6 is 11.6 Å². The lowest BCUT2D eigenvalue weighted by molar-refractivity contribution is 0.267. The van der Waals surface area contributed by atoms with Gasteiger partial charge in [-0.25, -0.2) is 0 Å². The number of hydrogen-bond acceptors (Lipinski definition) is 1. The van der Waals surface area contributed by atoms with Crippen LogP contribution in [0.2, 0.25) is 0 Å². The summed E-state index contributed by atoms with van der Waals surface area (Å²) in [6.07, 6.45) is 13.1. The average Bonchev–Trinajstić information content (AvgIpc) is 2.30. The molecule has 1 nitrogen and oxygen atoms in total. The summed E-state index contributed by atoms with van der Waals surface area (Å²) < 4.78 is 0. The first-order chi connectivity index (χ1) is 8.52. The minimum Gasteiger partial charge on any atom is -0.325 e. The molecule has 0 rings (SSSR count). The summed E-state index contributed by atoms with van der Waals surface area (Å²) in [7, 11) is 0. The highest BCUT2D eigenvalue weighted by molar-refractivity contribution is 6.17. The average molecular weight is 276 g/mol. The molecule has 110 valence electrons. The largest absolute Gasteiger partial charge is 0.325 e. The third-order valence-corrected chi connectivity index (χ3v) is 4.16. The number of alkyl halides is 1. The lowest BCUT2D eigenvalue weighted by atomic mass is 9.80. The van der Waals surface area contributed by atoms with E-state index in [0.717, 1.165) is 12.3 Å². The SMILES string of the molecule is CCCCCCC(CCCCCCCl)C(C)(C)N. The quantitative estimate of drug-likeness (QED) is 0.369. The second kappa shape index (κ2) is 11.1. The van der Waals surface area contributed by atoms with E-state index in [9.17, 15) is 0 Å². The predicted molar refractivity (Wildman–Crippen MR) is 84.3 cm³/mol. The van der Waals surface area contributed by atoms with Crippen LogP contribution in [0, 0.1) is 5.92 Å². The molecule has 1 unspecified atom stereocenters. The Hall–Kier alpha value is 0.250. The summed E-state index contributed by atoms with van der Waals surface area (Å²) in [5.74, 6) is 1.49. The Kier molecular flexibility index (Phi) is 11.3. The standard InChI is InChI=1S/C16H34ClN/c1-4-5-6-9-12-15(16(2,3)18)13-10-7-8-11-14-17/h15H,4-14,18H2,1-3H3. The highest BCUT2D eigenvalue weighted by Crippen LogP contribution is 2.26. The van der Waals surface area contributed by atoms with Crippen molar-refractivity contribution in [3.05, 3.63) is 0 Å². The molecule has 0 aliphatic carbocycles. The van der Waals surface area contributed by atoms with Crippen molar-refractivity contribution in [3.63, 3.8) is 0 Å². The van der Waals surface area contributed by atoms with Gasteiger partial charge in [0.05, 0.1) is 0 Å². The molecule has 0 saturated carbocycles. The third kappa shape index (κ3) is 10.2. The van der Waals surface area contributed by atoms with Crippen molar-refractivity contribution < 1.29 is 0 Å². The Labute approximate surface area is 120 Å². The first-order valence-electron chi connectivity index (χ1n) is 7.87. The van der Waals surface area contributed by atoms with Gasteiger partial charge >= 0.3 is 0 Å². The van der Waals surface area contributed by atoms with Gasteiger partial charge in [0.25, 0.3) is 0 Å². The van der Waals surface area contributed by atoms with Crippen LogP contribution in [0.15, 0.2) is 0 Å². The number of halogens is 1. The van der Waals surface area contributed by atoms with Crippen LogP contribution in [0.25, 0.3) is 0 Å². The molecular formula is C16H34ClN. The molecule has 0 amide bonds. The number of nitrogens with two attached hydrogens (primary N) is 1. The summed E-state index contributed by atoms with van der Waals surface area (Å²) in [5.41, 5.74) is 6.30. The molecule has 0 heterocycles. The molecule has 0 aliphatic rings. The van der Waals surface area contributed by atoms with Crippen molar-refractivity contribution >= 4 is 11.6 Å². The van der Waals surface area contributed by atoms with Crippen molar-refractivity contribution in [1.82, 2.24) is 0 Å². The van der Waals surface area contributed by atoms with Gasteiger partial charge in [0.1, 0.15) is 0 Å². The monoisotopic (exact) mass is 275 g/mol. The number of hydrogen-bond donors (Lipinski definition) is 1. The van der Waals surface area contributed by atoms with Gasteiger partial charge in [0, 0.05) is 11.4 Å². The van der Waals surface area contributed by atoms with Gasteiger partial charge in [-0.3, -0.25) is 0 Å². The normalized spacial score (nSPS) is 13.8. The summed E-state index contributed by atoms with van der Waals surface area (Å²) in [6.45, 7) is 6.65. The van der Waals surface area contributed by atoms with E-state index in [-0.39, 0.29) is 5.54 Å². The Morgan fingerprint density at radius 2 is 1.39 bits per heavy atom. The van der Waals surface area contributed by atoms with E-state index < -0.39 is 0 Å². The fourth-order valence-electron chi connectivity index (χ4n) is 2.54. The van der Waals surface area contributed by atoms with Gasteiger partial charge in [-0.2, -0.15) is 0 Å². The summed E-state index contributed by atoms with van der Waals surface area (Å²) in [5, 5.41) is 0. The predicted octanol–water partition coefficient (Wildman–Crippen LogP) is 5.50. The van der Waals surface area contributed by atoms with Crippen LogP contribution in [0.3, 0.4) is 0 Å². The molecule has 0 spiro atoms. The molecule has 2 N–H and O–H groups in total. The van der Waals surface area contributed by atoms with Crippen molar-refractivity contribution in [2.75, 3.05) is 5.88 Å². The molecule has 0 aromatic heterocycles. The zero-order valence-corrected chi connectivity index (χ0v) is 13.6. The Bertz CT molecular complexity index is 174. The molecule has 0 radical (unpaired) electrons. The Morgan fingerprint density at radius 3 is 1.83 bits per heavy atom. The first kappa shape index (κ1) is 18.2. The van der Waals surface area contributed by atoms with Crippen LogP contribution in [-0.2, 0) is 0 Å². The van der Waals surface area contributed by atoms with Gasteiger partial charge < -0.3 is 5.73 Å². The second-order valence-corrected chi connectivity index (χ2v) is 6.64. The maximum atomic E-state index is 6.31. The molecule has 2 heteroatoms. The molecule has 1 atom stereocenters. The maximum absolute atomic E-state index is 6.31. The van der Waals surface area contributed by atoms with E-state index in [1.807, 2.05) is 0 Å². The van der Waals surface area contributed by atoms with Crippen molar-refractivity contribution in [3.8, 4) is 0 Å². The van der Waals surface area contributed by atoms with Gasteiger partial charge in [0.2, 0.25) is 0 Å². The molecule has 0 aliphatic heterocycles. The van der Waals surface area contributed by atoms with Gasteiger partial charge in [0.15, 0.2) is 0 Å². The van der Waals surface area contributed by atoms with Gasteiger partial charge in [-0.1, -0.05) is 51.9 Å². The number of unbranched alkanes of at least 4 members (excludes halogenated alkanes) is 6. The maximum Gasteiger partial charge on any atom is 0.0223 e. The van der Waals surface area contributed by atoms with E-state index in [1.165, 1.54) is 57.8 Å². The summed E-state index contributed by atoms with van der Waals surface area (Å²) in [6, 6.07) is 0. The van der Waals surface area contributed by atoms with Crippen LogP contribution in [0.1, 0.15) is 85.0 Å². The molecule has 0 saturated heterocycles. The van der Waals surface area contributed by atoms with E-state index in [1.54, 1.807) is 0 Å². The van der Waals surface area contributed by atoms with E-state index >= 15 is 0 Å². The molecule has 0 fully saturated rings. The molecule has 0 aromatic carbocycles. The van der Waals surface area contributed by atoms with Crippen molar-refractivity contribution in [2.24, 2.45) is 11.7 Å². The fourth-order valence-corrected chi connectivity index (χ4v) is 2.73. The minimum atomic E-state index is -0.0152. The summed E-state index contributed by atoms with van der Waals surface area (Å²) >= 11 is 5.69. The molecular weight excluding hydrogens is 242 g/mol. The number of rotatable bonds is 12. The van der Waals surface area contributed by atoms with E-state index in [2.05, 4.69) is 20.8 Å². The third-order valence-electron chi connectivity index (χ3n) is 3.89. The lowest BCUT2D eigenvalue weighted by Gasteiger charge is -2.31. The smallest absolute Gasteiger partial charge is 0.0223 e. The van der Waals surface area contributed by atoms with Crippen LogP contribution in [0.5, 0.6) is 0 Å². The zero-order valence-electron chi connectivity index (χ0n) is 12.8. The van der Waals surface area contributed by atoms with Crippen molar-refractivity contribution in [2.45, 2.75) is 90.5 Å². The molecule has 18 heavy (non-hydrogen) atoms. The first-order valence-corrected chi connectivity index (χ1v) is 8.40. The second-order valence-electron chi connectivity index (χ2n) is 6.26.